The maximum Gasteiger partial charge on any atom is 0.416 e. The van der Waals surface area contributed by atoms with Crippen molar-refractivity contribution in [1.82, 2.24) is 34.0 Å². The van der Waals surface area contributed by atoms with Gasteiger partial charge in [0.05, 0.1) is 25.4 Å². The van der Waals surface area contributed by atoms with Crippen molar-refractivity contribution in [1.29, 1.82) is 0 Å². The Morgan fingerprint density at radius 1 is 1.05 bits per heavy atom. The fourth-order valence-corrected chi connectivity index (χ4v) is 4.50. The van der Waals surface area contributed by atoms with Gasteiger partial charge in [0.15, 0.2) is 17.8 Å². The van der Waals surface area contributed by atoms with E-state index in [2.05, 4.69) is 15.2 Å². The Hall–Kier alpha value is -3.72. The average molecular weight is 612 g/mol. The van der Waals surface area contributed by atoms with Gasteiger partial charge in [-0.3, -0.25) is 9.36 Å². The highest BCUT2D eigenvalue weighted by Gasteiger charge is 2.39. The molecular formula is C25H22Cl2F3N7O4. The molecule has 216 valence electrons. The van der Waals surface area contributed by atoms with E-state index in [0.29, 0.717) is 47.6 Å². The first kappa shape index (κ1) is 28.8. The van der Waals surface area contributed by atoms with Crippen molar-refractivity contribution in [3.63, 3.8) is 0 Å². The van der Waals surface area contributed by atoms with Crippen molar-refractivity contribution in [3.8, 4) is 17.1 Å². The molecule has 0 bridgehead atoms. The first-order valence-corrected chi connectivity index (χ1v) is 13.0. The molecule has 5 rings (SSSR count). The smallest absolute Gasteiger partial charge is 0.382 e. The number of carbonyl (C=O) groups is 1. The minimum Gasteiger partial charge on any atom is -0.382 e. The van der Waals surface area contributed by atoms with Crippen LogP contribution < -0.4 is 5.69 Å². The highest BCUT2D eigenvalue weighted by Crippen LogP contribution is 2.24. The van der Waals surface area contributed by atoms with E-state index in [4.69, 9.17) is 27.9 Å². The van der Waals surface area contributed by atoms with E-state index in [9.17, 15) is 27.9 Å². The molecule has 1 amide bonds. The number of ether oxygens (including phenoxy) is 1. The van der Waals surface area contributed by atoms with Gasteiger partial charge in [-0.25, -0.2) is 19.1 Å². The quantitative estimate of drug-likeness (QED) is 0.341. The summed E-state index contributed by atoms with van der Waals surface area (Å²) >= 11 is 12.1. The molecule has 0 aliphatic carbocycles. The summed E-state index contributed by atoms with van der Waals surface area (Å²) in [6.07, 6.45) is -7.79. The van der Waals surface area contributed by atoms with Crippen molar-refractivity contribution < 1.29 is 27.8 Å². The number of amides is 1. The van der Waals surface area contributed by atoms with Crippen LogP contribution in [0, 0.1) is 0 Å². The number of aromatic nitrogens is 6. The first-order chi connectivity index (χ1) is 19.5. The van der Waals surface area contributed by atoms with Gasteiger partial charge in [0.25, 0.3) is 5.91 Å². The second-order valence-corrected chi connectivity index (χ2v) is 9.96. The molecule has 0 unspecified atom stereocenters. The number of hydrogen-bond donors (Lipinski definition) is 1. The van der Waals surface area contributed by atoms with E-state index in [-0.39, 0.29) is 24.0 Å². The molecule has 1 N–H and O–H groups in total. The van der Waals surface area contributed by atoms with Crippen LogP contribution >= 0.6 is 23.2 Å². The van der Waals surface area contributed by atoms with E-state index < -0.39 is 30.4 Å². The van der Waals surface area contributed by atoms with Gasteiger partial charge in [0.1, 0.15) is 6.54 Å². The zero-order valence-corrected chi connectivity index (χ0v) is 22.6. The number of hydrogen-bond acceptors (Lipinski definition) is 7. The van der Waals surface area contributed by atoms with Crippen molar-refractivity contribution in [3.05, 3.63) is 80.7 Å². The lowest BCUT2D eigenvalue weighted by molar-refractivity contribution is -0.207. The van der Waals surface area contributed by atoms with Crippen LogP contribution in [-0.2, 0) is 17.8 Å². The number of rotatable bonds is 7. The largest absolute Gasteiger partial charge is 0.416 e. The Bertz CT molecular complexity index is 1610. The fourth-order valence-electron chi connectivity index (χ4n) is 4.19. The third-order valence-corrected chi connectivity index (χ3v) is 6.73. The lowest BCUT2D eigenvalue weighted by Gasteiger charge is -2.26. The number of aliphatic hydroxyl groups excluding tert-OH is 1. The number of morpholine rings is 1. The number of carbonyl (C=O) groups excluding carboxylic acids is 1. The third-order valence-electron chi connectivity index (χ3n) is 6.24. The number of alkyl halides is 3. The molecular weight excluding hydrogens is 590 g/mol. The Balaban J connectivity index is 1.56. The second kappa shape index (κ2) is 11.6. The van der Waals surface area contributed by atoms with E-state index in [1.54, 1.807) is 29.2 Å². The SMILES string of the molecule is O=C(c1nc(Cn2nc(-c3ccc(Cl)cc3)n(C[C@H](O)C(F)(F)F)c2=O)nn1-c1cccc(Cl)c1)N1CCOCC1. The molecule has 2 aromatic heterocycles. The van der Waals surface area contributed by atoms with Crippen LogP contribution in [0.3, 0.4) is 0 Å². The average Bonchev–Trinajstić information content (AvgIpc) is 3.50. The molecule has 0 radical (unpaired) electrons. The summed E-state index contributed by atoms with van der Waals surface area (Å²) in [4.78, 5) is 32.6. The molecule has 1 atom stereocenters. The Labute approximate surface area is 240 Å². The fraction of sp³-hybridized carbons (Fsp3) is 0.320. The van der Waals surface area contributed by atoms with Gasteiger partial charge in [-0.15, -0.1) is 10.2 Å². The highest BCUT2D eigenvalue weighted by atomic mass is 35.5. The van der Waals surface area contributed by atoms with Gasteiger partial charge in [0, 0.05) is 28.7 Å². The highest BCUT2D eigenvalue weighted by molar-refractivity contribution is 6.31. The van der Waals surface area contributed by atoms with Crippen LogP contribution in [0.1, 0.15) is 16.4 Å². The maximum absolute atomic E-state index is 13.4. The van der Waals surface area contributed by atoms with Gasteiger partial charge < -0.3 is 14.7 Å². The van der Waals surface area contributed by atoms with Crippen LogP contribution in [0.2, 0.25) is 10.0 Å². The summed E-state index contributed by atoms with van der Waals surface area (Å²) in [7, 11) is 0. The molecule has 41 heavy (non-hydrogen) atoms. The summed E-state index contributed by atoms with van der Waals surface area (Å²) < 4.78 is 47.8. The Kier molecular flexibility index (Phi) is 8.18. The van der Waals surface area contributed by atoms with Crippen LogP contribution in [0.15, 0.2) is 53.3 Å². The van der Waals surface area contributed by atoms with Gasteiger partial charge >= 0.3 is 11.9 Å². The number of nitrogens with zero attached hydrogens (tertiary/aromatic N) is 7. The zero-order valence-electron chi connectivity index (χ0n) is 21.1. The molecule has 0 saturated carbocycles. The molecule has 16 heteroatoms. The number of aliphatic hydroxyl groups is 1. The maximum atomic E-state index is 13.4. The Morgan fingerprint density at radius 3 is 2.41 bits per heavy atom. The van der Waals surface area contributed by atoms with Gasteiger partial charge in [-0.2, -0.15) is 13.2 Å². The topological polar surface area (TPSA) is 120 Å². The normalized spacial score (nSPS) is 14.8. The molecule has 1 aliphatic heterocycles. The zero-order chi connectivity index (χ0) is 29.3. The molecule has 2 aromatic carbocycles. The van der Waals surface area contributed by atoms with Crippen molar-refractivity contribution in [2.24, 2.45) is 0 Å². The van der Waals surface area contributed by atoms with Crippen molar-refractivity contribution >= 4 is 29.1 Å². The van der Waals surface area contributed by atoms with Crippen molar-refractivity contribution in [2.45, 2.75) is 25.4 Å². The lowest BCUT2D eigenvalue weighted by Crippen LogP contribution is -2.41. The van der Waals surface area contributed by atoms with Gasteiger partial charge in [-0.05, 0) is 42.5 Å². The molecule has 1 fully saturated rings. The minimum absolute atomic E-state index is 0.00707. The van der Waals surface area contributed by atoms with Gasteiger partial charge in [0.2, 0.25) is 5.82 Å². The summed E-state index contributed by atoms with van der Waals surface area (Å²) in [5.41, 5.74) is -0.223. The molecule has 1 aliphatic rings. The monoisotopic (exact) mass is 611 g/mol. The van der Waals surface area contributed by atoms with E-state index in [1.165, 1.54) is 28.9 Å². The van der Waals surface area contributed by atoms with E-state index in [0.717, 1.165) is 9.25 Å². The third kappa shape index (κ3) is 6.30. The van der Waals surface area contributed by atoms with Crippen molar-refractivity contribution in [2.75, 3.05) is 26.3 Å². The van der Waals surface area contributed by atoms with Crippen LogP contribution in [0.5, 0.6) is 0 Å². The second-order valence-electron chi connectivity index (χ2n) is 9.09. The van der Waals surface area contributed by atoms with Gasteiger partial charge in [-0.1, -0.05) is 29.3 Å². The summed E-state index contributed by atoms with van der Waals surface area (Å²) in [5, 5.41) is 19.1. The lowest BCUT2D eigenvalue weighted by atomic mass is 10.2. The van der Waals surface area contributed by atoms with E-state index in [1.807, 2.05) is 0 Å². The summed E-state index contributed by atoms with van der Waals surface area (Å²) in [6, 6.07) is 12.5. The number of halogens is 5. The predicted molar refractivity (Wildman–Crippen MR) is 141 cm³/mol. The van der Waals surface area contributed by atoms with Crippen LogP contribution in [0.25, 0.3) is 17.1 Å². The molecule has 11 nitrogen and oxygen atoms in total. The molecule has 3 heterocycles. The van der Waals surface area contributed by atoms with Crippen LogP contribution in [0.4, 0.5) is 13.2 Å². The summed E-state index contributed by atoms with van der Waals surface area (Å²) in [5.74, 6) is -0.622. The minimum atomic E-state index is -4.97. The molecule has 4 aromatic rings. The standard InChI is InChI=1S/C25H22Cl2F3N7O4/c26-16-6-4-15(5-7-16)21-33-36(24(40)35(21)13-19(38)25(28,29)30)14-20-31-22(23(39)34-8-10-41-11-9-34)37(32-20)18-3-1-2-17(27)12-18/h1-7,12,19,38H,8-11,13-14H2/t19-/m0/s1. The first-order valence-electron chi connectivity index (χ1n) is 12.3. The van der Waals surface area contributed by atoms with E-state index >= 15 is 0 Å². The predicted octanol–water partition coefficient (Wildman–Crippen LogP) is 3.04. The molecule has 0 spiro atoms. The summed E-state index contributed by atoms with van der Waals surface area (Å²) in [6.45, 7) is -0.0856. The Morgan fingerprint density at radius 2 is 1.76 bits per heavy atom. The number of benzene rings is 2. The van der Waals surface area contributed by atoms with Crippen LogP contribution in [-0.4, -0.2) is 83.6 Å². The molecule has 1 saturated heterocycles.